The zero-order valence-corrected chi connectivity index (χ0v) is 14.4. The van der Waals surface area contributed by atoms with Crippen molar-refractivity contribution in [3.05, 3.63) is 0 Å². The van der Waals surface area contributed by atoms with Gasteiger partial charge in [-0.1, -0.05) is 65.2 Å². The van der Waals surface area contributed by atoms with E-state index in [0.29, 0.717) is 12.8 Å². The minimum Gasteiger partial charge on any atom is -0.382 e. The van der Waals surface area contributed by atoms with Crippen molar-refractivity contribution >= 4 is 11.6 Å². The third-order valence-corrected chi connectivity index (χ3v) is 4.01. The van der Waals surface area contributed by atoms with Gasteiger partial charge in [-0.2, -0.15) is 0 Å². The zero-order chi connectivity index (χ0) is 16.8. The Bertz CT molecular complexity index is 271. The Morgan fingerprint density at radius 2 is 0.955 bits per heavy atom. The molecule has 0 radical (unpaired) electrons. The topological polar surface area (TPSA) is 74.6 Å². The maximum absolute atomic E-state index is 11.8. The van der Waals surface area contributed by atoms with Crippen LogP contribution in [0, 0.1) is 0 Å². The summed E-state index contributed by atoms with van der Waals surface area (Å²) < 4.78 is 0. The summed E-state index contributed by atoms with van der Waals surface area (Å²) in [5, 5.41) is 19.6. The summed E-state index contributed by atoms with van der Waals surface area (Å²) in [6.45, 7) is 4.25. The Morgan fingerprint density at radius 3 is 1.27 bits per heavy atom. The van der Waals surface area contributed by atoms with Gasteiger partial charge in [0, 0.05) is 12.8 Å². The molecule has 0 spiro atoms. The van der Waals surface area contributed by atoms with Gasteiger partial charge in [-0.25, -0.2) is 0 Å². The first-order chi connectivity index (χ1) is 10.5. The molecule has 4 heteroatoms. The molecule has 0 fully saturated rings. The quantitative estimate of drug-likeness (QED) is 0.453. The van der Waals surface area contributed by atoms with E-state index in [1.165, 1.54) is 0 Å². The third-order valence-electron chi connectivity index (χ3n) is 4.01. The van der Waals surface area contributed by atoms with Crippen molar-refractivity contribution in [1.29, 1.82) is 0 Å². The Kier molecular flexibility index (Phi) is 13.4. The van der Waals surface area contributed by atoms with Gasteiger partial charge in [0.2, 0.25) is 0 Å². The van der Waals surface area contributed by atoms with E-state index in [2.05, 4.69) is 13.8 Å². The summed E-state index contributed by atoms with van der Waals surface area (Å²) in [5.41, 5.74) is 0. The average Bonchev–Trinajstić information content (AvgIpc) is 2.52. The molecule has 0 amide bonds. The molecule has 4 nitrogen and oxygen atoms in total. The maximum atomic E-state index is 11.8. The second-order valence-corrected chi connectivity index (χ2v) is 6.15. The fourth-order valence-corrected chi connectivity index (χ4v) is 2.45. The van der Waals surface area contributed by atoms with Crippen LogP contribution in [-0.4, -0.2) is 34.0 Å². The summed E-state index contributed by atoms with van der Waals surface area (Å²) in [6.07, 6.45) is 7.47. The number of aliphatic hydroxyl groups excluding tert-OH is 2. The molecule has 0 aromatic carbocycles. The Hall–Kier alpha value is -0.740. The van der Waals surface area contributed by atoms with Crippen LogP contribution in [0.5, 0.6) is 0 Å². The molecular weight excluding hydrogens is 280 g/mol. The van der Waals surface area contributed by atoms with Crippen molar-refractivity contribution in [2.75, 3.05) is 0 Å². The predicted molar refractivity (Wildman–Crippen MR) is 88.8 cm³/mol. The highest BCUT2D eigenvalue weighted by Crippen LogP contribution is 2.11. The molecule has 0 aromatic rings. The average molecular weight is 314 g/mol. The number of hydrogen-bond donors (Lipinski definition) is 2. The van der Waals surface area contributed by atoms with Crippen LogP contribution in [0.4, 0.5) is 0 Å². The van der Waals surface area contributed by atoms with Crippen molar-refractivity contribution in [3.8, 4) is 0 Å². The highest BCUT2D eigenvalue weighted by Gasteiger charge is 2.28. The summed E-state index contributed by atoms with van der Waals surface area (Å²) >= 11 is 0. The molecule has 0 aliphatic heterocycles. The van der Waals surface area contributed by atoms with Crippen molar-refractivity contribution in [1.82, 2.24) is 0 Å². The normalized spacial score (nSPS) is 13.8. The van der Waals surface area contributed by atoms with E-state index in [4.69, 9.17) is 0 Å². The summed E-state index contributed by atoms with van der Waals surface area (Å²) in [6, 6.07) is 0. The molecule has 0 aromatic heterocycles. The molecule has 2 N–H and O–H groups in total. The number of hydrogen-bond acceptors (Lipinski definition) is 4. The monoisotopic (exact) mass is 314 g/mol. The van der Waals surface area contributed by atoms with E-state index < -0.39 is 23.8 Å². The molecule has 22 heavy (non-hydrogen) atoms. The fraction of sp³-hybridized carbons (Fsp3) is 0.889. The number of carbonyl (C=O) groups is 2. The minimum atomic E-state index is -1.55. The fourth-order valence-electron chi connectivity index (χ4n) is 2.45. The zero-order valence-electron chi connectivity index (χ0n) is 14.4. The van der Waals surface area contributed by atoms with Crippen LogP contribution < -0.4 is 0 Å². The standard InChI is InChI=1S/C18H34O4/c1-3-5-7-9-11-13-15(19)17(21)18(22)16(20)14-12-10-8-6-4-2/h17-18,21-22H,3-14H2,1-2H3. The summed E-state index contributed by atoms with van der Waals surface area (Å²) in [5.74, 6) is -0.827. The van der Waals surface area contributed by atoms with E-state index >= 15 is 0 Å². The molecule has 0 heterocycles. The third kappa shape index (κ3) is 10.1. The molecular formula is C18H34O4. The SMILES string of the molecule is CCCCCCCC(=O)C(O)C(O)C(=O)CCCCCCC. The first kappa shape index (κ1) is 21.3. The Balaban J connectivity index is 3.88. The van der Waals surface area contributed by atoms with Crippen molar-refractivity contribution in [2.45, 2.75) is 103 Å². The molecule has 2 atom stereocenters. The Morgan fingerprint density at radius 1 is 0.636 bits per heavy atom. The first-order valence-electron chi connectivity index (χ1n) is 8.96. The van der Waals surface area contributed by atoms with E-state index in [1.54, 1.807) is 0 Å². The molecule has 130 valence electrons. The summed E-state index contributed by atoms with van der Waals surface area (Å²) in [4.78, 5) is 23.5. The second kappa shape index (κ2) is 13.9. The lowest BCUT2D eigenvalue weighted by molar-refractivity contribution is -0.143. The smallest absolute Gasteiger partial charge is 0.164 e. The maximum Gasteiger partial charge on any atom is 0.164 e. The number of Topliss-reactive ketones (excluding diaryl/α,β-unsaturated/α-hetero) is 2. The Labute approximate surface area is 135 Å². The van der Waals surface area contributed by atoms with Gasteiger partial charge >= 0.3 is 0 Å². The van der Waals surface area contributed by atoms with Gasteiger partial charge in [-0.15, -0.1) is 0 Å². The molecule has 0 saturated heterocycles. The largest absolute Gasteiger partial charge is 0.382 e. The van der Waals surface area contributed by atoms with Crippen LogP contribution in [0.15, 0.2) is 0 Å². The van der Waals surface area contributed by atoms with Gasteiger partial charge in [0.05, 0.1) is 0 Å². The number of carbonyl (C=O) groups excluding carboxylic acids is 2. The van der Waals surface area contributed by atoms with Crippen LogP contribution in [0.3, 0.4) is 0 Å². The van der Waals surface area contributed by atoms with Gasteiger partial charge in [0.1, 0.15) is 12.2 Å². The first-order valence-corrected chi connectivity index (χ1v) is 8.96. The minimum absolute atomic E-state index is 0.242. The number of ketones is 2. The van der Waals surface area contributed by atoms with Gasteiger partial charge in [0.15, 0.2) is 11.6 Å². The number of rotatable bonds is 15. The molecule has 0 rings (SSSR count). The van der Waals surface area contributed by atoms with E-state index in [-0.39, 0.29) is 12.8 Å². The lowest BCUT2D eigenvalue weighted by Gasteiger charge is -2.15. The number of aliphatic hydroxyl groups is 2. The van der Waals surface area contributed by atoms with Gasteiger partial charge in [0.25, 0.3) is 0 Å². The highest BCUT2D eigenvalue weighted by atomic mass is 16.3. The molecule has 2 unspecified atom stereocenters. The van der Waals surface area contributed by atoms with Gasteiger partial charge < -0.3 is 10.2 Å². The van der Waals surface area contributed by atoms with Crippen LogP contribution >= 0.6 is 0 Å². The highest BCUT2D eigenvalue weighted by molar-refractivity contribution is 5.92. The van der Waals surface area contributed by atoms with Crippen molar-refractivity contribution in [2.24, 2.45) is 0 Å². The summed E-state index contributed by atoms with van der Waals surface area (Å²) in [7, 11) is 0. The van der Waals surface area contributed by atoms with Gasteiger partial charge in [-0.05, 0) is 12.8 Å². The van der Waals surface area contributed by atoms with E-state index in [9.17, 15) is 19.8 Å². The number of unbranched alkanes of at least 4 members (excludes halogenated alkanes) is 8. The van der Waals surface area contributed by atoms with Crippen molar-refractivity contribution in [3.63, 3.8) is 0 Å². The van der Waals surface area contributed by atoms with E-state index in [0.717, 1.165) is 51.4 Å². The van der Waals surface area contributed by atoms with Crippen LogP contribution in [0.1, 0.15) is 90.9 Å². The second-order valence-electron chi connectivity index (χ2n) is 6.15. The van der Waals surface area contributed by atoms with Gasteiger partial charge in [-0.3, -0.25) is 9.59 Å². The molecule has 0 bridgehead atoms. The van der Waals surface area contributed by atoms with Crippen LogP contribution in [0.25, 0.3) is 0 Å². The lowest BCUT2D eigenvalue weighted by atomic mass is 9.97. The van der Waals surface area contributed by atoms with Crippen LogP contribution in [0.2, 0.25) is 0 Å². The van der Waals surface area contributed by atoms with E-state index in [1.807, 2.05) is 0 Å². The lowest BCUT2D eigenvalue weighted by Crippen LogP contribution is -2.39. The van der Waals surface area contributed by atoms with Crippen LogP contribution in [-0.2, 0) is 9.59 Å². The molecule has 0 aliphatic rings. The molecule has 0 aliphatic carbocycles. The van der Waals surface area contributed by atoms with Crippen molar-refractivity contribution < 1.29 is 19.8 Å². The molecule has 0 saturated carbocycles. The predicted octanol–water partition coefficient (Wildman–Crippen LogP) is 3.57.